The molecule has 23 heavy (non-hydrogen) atoms. The Morgan fingerprint density at radius 1 is 1.09 bits per heavy atom. The molecule has 0 fully saturated rings. The van der Waals surface area contributed by atoms with E-state index in [1.54, 1.807) is 11.3 Å². The fourth-order valence-electron chi connectivity index (χ4n) is 3.05. The summed E-state index contributed by atoms with van der Waals surface area (Å²) in [5.41, 5.74) is 4.40. The van der Waals surface area contributed by atoms with Gasteiger partial charge in [-0.3, -0.25) is 4.79 Å². The number of hydrogen-bond donors (Lipinski definition) is 1. The molecule has 2 aromatic carbocycles. The summed E-state index contributed by atoms with van der Waals surface area (Å²) in [5, 5.41) is 5.23. The first-order valence-corrected chi connectivity index (χ1v) is 9.12. The highest BCUT2D eigenvalue weighted by Gasteiger charge is 2.30. The number of carbonyl (C=O) groups excluding carboxylic acids is 1. The molecule has 4 rings (SSSR count). The molecule has 2 heterocycles. The monoisotopic (exact) mass is 383 g/mol. The highest BCUT2D eigenvalue weighted by molar-refractivity contribution is 9.10. The third-order valence-electron chi connectivity index (χ3n) is 4.13. The average Bonchev–Trinajstić information content (AvgIpc) is 2.98. The Labute approximate surface area is 147 Å². The van der Waals surface area contributed by atoms with E-state index < -0.39 is 0 Å². The number of nitrogens with one attached hydrogen (secondary N) is 1. The summed E-state index contributed by atoms with van der Waals surface area (Å²) in [4.78, 5) is 13.5. The minimum atomic E-state index is 0.0815. The largest absolute Gasteiger partial charge is 0.325 e. The second-order valence-corrected chi connectivity index (χ2v) is 7.44. The predicted molar refractivity (Wildman–Crippen MR) is 99.0 cm³/mol. The zero-order valence-electron chi connectivity index (χ0n) is 12.3. The number of halogens is 1. The van der Waals surface area contributed by atoms with Crippen molar-refractivity contribution in [3.63, 3.8) is 0 Å². The van der Waals surface area contributed by atoms with Crippen LogP contribution in [0.1, 0.15) is 22.8 Å². The number of carbonyl (C=O) groups is 1. The number of thiophene rings is 1. The smallest absolute Gasteiger partial charge is 0.225 e. The lowest BCUT2D eigenvalue weighted by atomic mass is 9.89. The Morgan fingerprint density at radius 2 is 1.91 bits per heavy atom. The average molecular weight is 384 g/mol. The van der Waals surface area contributed by atoms with Crippen molar-refractivity contribution in [2.45, 2.75) is 12.3 Å². The molecule has 0 bridgehead atoms. The van der Waals surface area contributed by atoms with Crippen LogP contribution in [0.5, 0.6) is 0 Å². The van der Waals surface area contributed by atoms with Gasteiger partial charge in [0.25, 0.3) is 0 Å². The summed E-state index contributed by atoms with van der Waals surface area (Å²) in [6, 6.07) is 18.5. The second kappa shape index (κ2) is 5.95. The summed E-state index contributed by atoms with van der Waals surface area (Å²) in [5.74, 6) is 0.205. The first-order valence-electron chi connectivity index (χ1n) is 7.44. The van der Waals surface area contributed by atoms with Crippen LogP contribution in [0.4, 0.5) is 5.69 Å². The summed E-state index contributed by atoms with van der Waals surface area (Å²) >= 11 is 5.26. The van der Waals surface area contributed by atoms with Crippen LogP contribution in [0.2, 0.25) is 0 Å². The Morgan fingerprint density at radius 3 is 2.70 bits per heavy atom. The third-order valence-corrected chi connectivity index (χ3v) is 5.72. The van der Waals surface area contributed by atoms with Crippen LogP contribution in [-0.2, 0) is 4.79 Å². The summed E-state index contributed by atoms with van der Waals surface area (Å²) in [6.07, 6.45) is 0.498. The molecule has 1 atom stereocenters. The molecule has 2 nitrogen and oxygen atoms in total. The zero-order valence-corrected chi connectivity index (χ0v) is 14.7. The van der Waals surface area contributed by atoms with Crippen LogP contribution in [0.3, 0.4) is 0 Å². The van der Waals surface area contributed by atoms with E-state index in [0.29, 0.717) is 6.42 Å². The molecule has 0 spiro atoms. The maximum absolute atomic E-state index is 12.3. The van der Waals surface area contributed by atoms with E-state index in [4.69, 9.17) is 0 Å². The van der Waals surface area contributed by atoms with Gasteiger partial charge in [-0.15, -0.1) is 11.3 Å². The van der Waals surface area contributed by atoms with E-state index in [9.17, 15) is 4.79 Å². The lowest BCUT2D eigenvalue weighted by Crippen LogP contribution is -2.22. The van der Waals surface area contributed by atoms with Crippen LogP contribution in [-0.4, -0.2) is 5.91 Å². The van der Waals surface area contributed by atoms with E-state index in [2.05, 4.69) is 50.9 Å². The minimum Gasteiger partial charge on any atom is -0.325 e. The molecule has 1 aliphatic heterocycles. The lowest BCUT2D eigenvalue weighted by molar-refractivity contribution is -0.116. The SMILES string of the molecule is O=C1C[C@H](c2cccc(Br)c2)c2scc(-c3ccccc3)c2N1. The number of amides is 1. The Bertz CT molecular complexity index is 872. The van der Waals surface area contributed by atoms with Gasteiger partial charge in [-0.25, -0.2) is 0 Å². The van der Waals surface area contributed by atoms with Crippen LogP contribution in [0.25, 0.3) is 11.1 Å². The normalized spacial score (nSPS) is 16.7. The maximum atomic E-state index is 12.3. The fraction of sp³-hybridized carbons (Fsp3) is 0.105. The molecule has 1 aromatic heterocycles. The van der Waals surface area contributed by atoms with Crippen LogP contribution >= 0.6 is 27.3 Å². The van der Waals surface area contributed by atoms with Crippen molar-refractivity contribution in [1.29, 1.82) is 0 Å². The first-order chi connectivity index (χ1) is 11.2. The van der Waals surface area contributed by atoms with E-state index in [1.807, 2.05) is 30.3 Å². The Hall–Kier alpha value is -1.91. The topological polar surface area (TPSA) is 29.1 Å². The highest BCUT2D eigenvalue weighted by Crippen LogP contribution is 2.46. The number of rotatable bonds is 2. The molecule has 4 heteroatoms. The van der Waals surface area contributed by atoms with Crippen LogP contribution < -0.4 is 5.32 Å². The number of anilines is 1. The van der Waals surface area contributed by atoms with Crippen LogP contribution in [0, 0.1) is 0 Å². The number of hydrogen-bond acceptors (Lipinski definition) is 2. The van der Waals surface area contributed by atoms with Gasteiger partial charge in [0, 0.05) is 32.6 Å². The molecular weight excluding hydrogens is 370 g/mol. The molecule has 0 unspecified atom stereocenters. The van der Waals surface area contributed by atoms with Gasteiger partial charge in [0.05, 0.1) is 5.69 Å². The Kier molecular flexibility index (Phi) is 3.79. The second-order valence-electron chi connectivity index (χ2n) is 5.61. The molecular formula is C19H14BrNOS. The van der Waals surface area contributed by atoms with Gasteiger partial charge < -0.3 is 5.32 Å². The summed E-state index contributed by atoms with van der Waals surface area (Å²) in [7, 11) is 0. The van der Waals surface area contributed by atoms with Crippen molar-refractivity contribution in [1.82, 2.24) is 0 Å². The van der Waals surface area contributed by atoms with Crippen molar-refractivity contribution >= 4 is 38.9 Å². The quantitative estimate of drug-likeness (QED) is 0.608. The fourth-order valence-corrected chi connectivity index (χ4v) is 4.63. The third kappa shape index (κ3) is 2.73. The van der Waals surface area contributed by atoms with Gasteiger partial charge in [0.15, 0.2) is 0 Å². The van der Waals surface area contributed by atoms with Gasteiger partial charge >= 0.3 is 0 Å². The van der Waals surface area contributed by atoms with E-state index in [0.717, 1.165) is 21.3 Å². The Balaban J connectivity index is 1.83. The molecule has 1 aliphatic rings. The zero-order chi connectivity index (χ0) is 15.8. The molecule has 0 radical (unpaired) electrons. The first kappa shape index (κ1) is 14.7. The number of fused-ring (bicyclic) bond motifs is 1. The van der Waals surface area contributed by atoms with Gasteiger partial charge in [-0.2, -0.15) is 0 Å². The summed E-state index contributed by atoms with van der Waals surface area (Å²) in [6.45, 7) is 0. The van der Waals surface area contributed by atoms with Gasteiger partial charge in [-0.05, 0) is 23.3 Å². The van der Waals surface area contributed by atoms with Crippen molar-refractivity contribution in [3.05, 3.63) is 74.9 Å². The van der Waals surface area contributed by atoms with Gasteiger partial charge in [0.1, 0.15) is 0 Å². The van der Waals surface area contributed by atoms with Crippen LogP contribution in [0.15, 0.2) is 64.5 Å². The molecule has 0 aliphatic carbocycles. The van der Waals surface area contributed by atoms with E-state index >= 15 is 0 Å². The van der Waals surface area contributed by atoms with E-state index in [1.165, 1.54) is 10.4 Å². The number of benzene rings is 2. The van der Waals surface area contributed by atoms with Crippen molar-refractivity contribution in [3.8, 4) is 11.1 Å². The molecule has 0 saturated heterocycles. The van der Waals surface area contributed by atoms with Gasteiger partial charge in [-0.1, -0.05) is 58.4 Å². The maximum Gasteiger partial charge on any atom is 0.225 e. The summed E-state index contributed by atoms with van der Waals surface area (Å²) < 4.78 is 1.04. The molecule has 1 amide bonds. The van der Waals surface area contributed by atoms with Crippen molar-refractivity contribution in [2.75, 3.05) is 5.32 Å². The van der Waals surface area contributed by atoms with Gasteiger partial charge in [0.2, 0.25) is 5.91 Å². The molecule has 3 aromatic rings. The predicted octanol–water partition coefficient (Wildman–Crippen LogP) is 5.65. The van der Waals surface area contributed by atoms with Crippen molar-refractivity contribution in [2.24, 2.45) is 0 Å². The molecule has 0 saturated carbocycles. The lowest BCUT2D eigenvalue weighted by Gasteiger charge is -2.24. The molecule has 1 N–H and O–H groups in total. The minimum absolute atomic E-state index is 0.0815. The van der Waals surface area contributed by atoms with E-state index in [-0.39, 0.29) is 11.8 Å². The highest BCUT2D eigenvalue weighted by atomic mass is 79.9. The van der Waals surface area contributed by atoms with Crippen molar-refractivity contribution < 1.29 is 4.79 Å². The standard InChI is InChI=1S/C19H14BrNOS/c20-14-8-4-7-13(9-14)15-10-17(22)21-18-16(11-23-19(15)18)12-5-2-1-3-6-12/h1-9,11,15H,10H2,(H,21,22)/t15-/m1/s1. The molecule has 114 valence electrons.